The number of anilines is 1. The lowest BCUT2D eigenvalue weighted by Crippen LogP contribution is -2.10. The molecule has 1 N–H and O–H groups in total. The first-order valence-electron chi connectivity index (χ1n) is 7.00. The minimum absolute atomic E-state index is 0.767. The Kier molecular flexibility index (Phi) is 5.12. The minimum Gasteiger partial charge on any atom is -0.382 e. The third-order valence-electron chi connectivity index (χ3n) is 2.92. The molecular formula is C15H22N4O. The van der Waals surface area contributed by atoms with Gasteiger partial charge in [-0.1, -0.05) is 0 Å². The van der Waals surface area contributed by atoms with Crippen LogP contribution in [0.1, 0.15) is 24.6 Å². The van der Waals surface area contributed by atoms with Gasteiger partial charge in [0.1, 0.15) is 0 Å². The molecule has 0 fully saturated rings. The molecule has 0 aliphatic rings. The van der Waals surface area contributed by atoms with E-state index in [1.165, 1.54) is 0 Å². The predicted molar refractivity (Wildman–Crippen MR) is 80.4 cm³/mol. The molecule has 0 amide bonds. The second-order valence-electron chi connectivity index (χ2n) is 4.77. The molecule has 5 nitrogen and oxygen atoms in total. The molecule has 0 bridgehead atoms. The molecule has 2 heterocycles. The van der Waals surface area contributed by atoms with Crippen molar-refractivity contribution in [3.8, 4) is 5.69 Å². The number of pyridine rings is 1. The van der Waals surface area contributed by atoms with Gasteiger partial charge in [-0.2, -0.15) is 0 Å². The number of ether oxygens (including phenoxy) is 1. The number of rotatable bonds is 7. The smallest absolute Gasteiger partial charge is 0.207 e. The summed E-state index contributed by atoms with van der Waals surface area (Å²) in [5, 5.41) is 3.36. The molecule has 0 aliphatic heterocycles. The third kappa shape index (κ3) is 3.81. The van der Waals surface area contributed by atoms with E-state index in [1.807, 2.05) is 43.9 Å². The summed E-state index contributed by atoms with van der Waals surface area (Å²) in [5.74, 6) is 0.853. The maximum Gasteiger partial charge on any atom is 0.207 e. The van der Waals surface area contributed by atoms with E-state index in [4.69, 9.17) is 4.74 Å². The predicted octanol–water partition coefficient (Wildman–Crippen LogP) is 2.72. The van der Waals surface area contributed by atoms with Crippen LogP contribution >= 0.6 is 0 Å². The zero-order valence-electron chi connectivity index (χ0n) is 12.4. The average molecular weight is 274 g/mol. The van der Waals surface area contributed by atoms with E-state index < -0.39 is 0 Å². The monoisotopic (exact) mass is 274 g/mol. The third-order valence-corrected chi connectivity index (χ3v) is 2.92. The first-order chi connectivity index (χ1) is 9.70. The molecule has 2 aromatic heterocycles. The van der Waals surface area contributed by atoms with Gasteiger partial charge in [0, 0.05) is 32.2 Å². The Bertz CT molecular complexity index is 551. The molecule has 20 heavy (non-hydrogen) atoms. The highest BCUT2D eigenvalue weighted by atomic mass is 16.5. The van der Waals surface area contributed by atoms with Gasteiger partial charge in [-0.25, -0.2) is 4.98 Å². The summed E-state index contributed by atoms with van der Waals surface area (Å²) in [6.07, 6.45) is 6.68. The Labute approximate surface area is 120 Å². The molecule has 5 heteroatoms. The molecule has 0 aromatic carbocycles. The quantitative estimate of drug-likeness (QED) is 0.789. The standard InChI is InChI=1S/C15H22N4O/c1-4-20-7-5-6-17-15-18-13(3)11-19(15)14-8-12(2)9-16-10-14/h8-11H,4-7H2,1-3H3,(H,17,18). The van der Waals surface area contributed by atoms with Crippen LogP contribution in [0.2, 0.25) is 0 Å². The van der Waals surface area contributed by atoms with E-state index in [0.717, 1.165) is 49.1 Å². The zero-order valence-corrected chi connectivity index (χ0v) is 12.4. The van der Waals surface area contributed by atoms with Crippen molar-refractivity contribution in [3.63, 3.8) is 0 Å². The summed E-state index contributed by atoms with van der Waals surface area (Å²) in [6, 6.07) is 2.10. The van der Waals surface area contributed by atoms with Crippen LogP contribution in [0.15, 0.2) is 24.7 Å². The largest absolute Gasteiger partial charge is 0.382 e. The Morgan fingerprint density at radius 2 is 2.15 bits per heavy atom. The SMILES string of the molecule is CCOCCCNc1nc(C)cn1-c1cncc(C)c1. The molecule has 0 radical (unpaired) electrons. The van der Waals surface area contributed by atoms with Crippen LogP contribution in [-0.4, -0.2) is 34.3 Å². The fraction of sp³-hybridized carbons (Fsp3) is 0.467. The van der Waals surface area contributed by atoms with Gasteiger partial charge in [0.05, 0.1) is 17.6 Å². The first-order valence-corrected chi connectivity index (χ1v) is 7.00. The van der Waals surface area contributed by atoms with E-state index in [9.17, 15) is 0 Å². The number of hydrogen-bond acceptors (Lipinski definition) is 4. The fourth-order valence-corrected chi connectivity index (χ4v) is 2.01. The van der Waals surface area contributed by atoms with Gasteiger partial charge in [0.2, 0.25) is 5.95 Å². The summed E-state index contributed by atoms with van der Waals surface area (Å²) in [4.78, 5) is 8.75. The molecule has 2 rings (SSSR count). The summed E-state index contributed by atoms with van der Waals surface area (Å²) in [7, 11) is 0. The summed E-state index contributed by atoms with van der Waals surface area (Å²) >= 11 is 0. The van der Waals surface area contributed by atoms with Gasteiger partial charge >= 0.3 is 0 Å². The van der Waals surface area contributed by atoms with Crippen LogP contribution in [0.25, 0.3) is 5.69 Å². The zero-order chi connectivity index (χ0) is 14.4. The molecule has 108 valence electrons. The highest BCUT2D eigenvalue weighted by Crippen LogP contribution is 2.16. The second kappa shape index (κ2) is 7.05. The van der Waals surface area contributed by atoms with E-state index in [0.29, 0.717) is 0 Å². The first kappa shape index (κ1) is 14.5. The molecular weight excluding hydrogens is 252 g/mol. The Hall–Kier alpha value is -1.88. The highest BCUT2D eigenvalue weighted by molar-refractivity contribution is 5.42. The van der Waals surface area contributed by atoms with E-state index in [-0.39, 0.29) is 0 Å². The van der Waals surface area contributed by atoms with Crippen LogP contribution in [0.4, 0.5) is 5.95 Å². The summed E-state index contributed by atoms with van der Waals surface area (Å²) in [6.45, 7) is 8.42. The maximum atomic E-state index is 5.33. The van der Waals surface area contributed by atoms with E-state index in [2.05, 4.69) is 21.4 Å². The topological polar surface area (TPSA) is 52.0 Å². The van der Waals surface area contributed by atoms with Crippen LogP contribution in [0.5, 0.6) is 0 Å². The number of imidazole rings is 1. The van der Waals surface area contributed by atoms with E-state index >= 15 is 0 Å². The molecule has 0 saturated carbocycles. The van der Waals surface area contributed by atoms with Crippen LogP contribution < -0.4 is 5.32 Å². The lowest BCUT2D eigenvalue weighted by molar-refractivity contribution is 0.147. The average Bonchev–Trinajstić information content (AvgIpc) is 2.80. The lowest BCUT2D eigenvalue weighted by Gasteiger charge is -2.10. The van der Waals surface area contributed by atoms with Gasteiger partial charge in [-0.3, -0.25) is 9.55 Å². The second-order valence-corrected chi connectivity index (χ2v) is 4.77. The molecule has 0 atom stereocenters. The molecule has 0 spiro atoms. The van der Waals surface area contributed by atoms with Gasteiger partial charge in [0.25, 0.3) is 0 Å². The van der Waals surface area contributed by atoms with Crippen LogP contribution in [0.3, 0.4) is 0 Å². The van der Waals surface area contributed by atoms with Crippen molar-refractivity contribution in [2.24, 2.45) is 0 Å². The van der Waals surface area contributed by atoms with Crippen molar-refractivity contribution in [2.75, 3.05) is 25.1 Å². The number of hydrogen-bond donors (Lipinski definition) is 1. The lowest BCUT2D eigenvalue weighted by atomic mass is 10.3. The Morgan fingerprint density at radius 3 is 2.90 bits per heavy atom. The van der Waals surface area contributed by atoms with Gasteiger partial charge in [0.15, 0.2) is 0 Å². The molecule has 0 saturated heterocycles. The van der Waals surface area contributed by atoms with E-state index in [1.54, 1.807) is 0 Å². The van der Waals surface area contributed by atoms with Crippen molar-refractivity contribution in [1.29, 1.82) is 0 Å². The summed E-state index contributed by atoms with van der Waals surface area (Å²) < 4.78 is 7.37. The minimum atomic E-state index is 0.767. The highest BCUT2D eigenvalue weighted by Gasteiger charge is 2.07. The van der Waals surface area contributed by atoms with Crippen molar-refractivity contribution in [2.45, 2.75) is 27.2 Å². The molecule has 0 unspecified atom stereocenters. The Morgan fingerprint density at radius 1 is 1.30 bits per heavy atom. The van der Waals surface area contributed by atoms with Gasteiger partial charge < -0.3 is 10.1 Å². The number of aryl methyl sites for hydroxylation is 2. The normalized spacial score (nSPS) is 10.8. The molecule has 2 aromatic rings. The van der Waals surface area contributed by atoms with Crippen molar-refractivity contribution in [3.05, 3.63) is 35.9 Å². The van der Waals surface area contributed by atoms with Crippen LogP contribution in [0, 0.1) is 13.8 Å². The summed E-state index contributed by atoms with van der Waals surface area (Å²) in [5.41, 5.74) is 3.15. The maximum absolute atomic E-state index is 5.33. The number of aromatic nitrogens is 3. The van der Waals surface area contributed by atoms with Gasteiger partial charge in [-0.15, -0.1) is 0 Å². The number of nitrogens with zero attached hydrogens (tertiary/aromatic N) is 3. The van der Waals surface area contributed by atoms with Gasteiger partial charge in [-0.05, 0) is 38.8 Å². The fourth-order valence-electron chi connectivity index (χ4n) is 2.01. The number of nitrogens with one attached hydrogen (secondary N) is 1. The molecule has 0 aliphatic carbocycles. The Balaban J connectivity index is 2.06. The van der Waals surface area contributed by atoms with Crippen molar-refractivity contribution in [1.82, 2.24) is 14.5 Å². The van der Waals surface area contributed by atoms with Crippen LogP contribution in [-0.2, 0) is 4.74 Å². The van der Waals surface area contributed by atoms with Crippen molar-refractivity contribution >= 4 is 5.95 Å². The van der Waals surface area contributed by atoms with Crippen molar-refractivity contribution < 1.29 is 4.74 Å².